The van der Waals surface area contributed by atoms with Crippen LogP contribution in [0.1, 0.15) is 30.2 Å². The number of carbonyl (C=O) groups is 2. The molecular formula is C20H23N3O2. The zero-order valence-corrected chi connectivity index (χ0v) is 14.7. The maximum absolute atomic E-state index is 12.5. The lowest BCUT2D eigenvalue weighted by molar-refractivity contribution is -0.126. The summed E-state index contributed by atoms with van der Waals surface area (Å²) in [5.41, 5.74) is 3.99. The van der Waals surface area contributed by atoms with Gasteiger partial charge in [-0.05, 0) is 36.6 Å². The number of carbonyl (C=O) groups excluding carboxylic acids is 2. The maximum Gasteiger partial charge on any atom is 0.227 e. The van der Waals surface area contributed by atoms with Gasteiger partial charge < -0.3 is 10.2 Å². The van der Waals surface area contributed by atoms with E-state index in [9.17, 15) is 9.59 Å². The van der Waals surface area contributed by atoms with E-state index in [1.54, 1.807) is 11.1 Å². The number of hydrogen-bond acceptors (Lipinski definition) is 3. The van der Waals surface area contributed by atoms with Crippen molar-refractivity contribution < 1.29 is 9.59 Å². The molecule has 0 saturated carbocycles. The molecule has 0 spiro atoms. The molecule has 2 heterocycles. The Labute approximate surface area is 148 Å². The van der Waals surface area contributed by atoms with Crippen molar-refractivity contribution >= 4 is 17.5 Å². The molecule has 3 rings (SSSR count). The predicted molar refractivity (Wildman–Crippen MR) is 97.1 cm³/mol. The third-order valence-corrected chi connectivity index (χ3v) is 4.64. The first-order chi connectivity index (χ1) is 12.1. The normalized spacial score (nSPS) is 17.0. The summed E-state index contributed by atoms with van der Waals surface area (Å²) in [4.78, 5) is 31.0. The number of anilines is 1. The molecule has 0 radical (unpaired) electrons. The molecule has 2 amide bonds. The smallest absolute Gasteiger partial charge is 0.227 e. The van der Waals surface area contributed by atoms with Crippen LogP contribution in [-0.2, 0) is 22.6 Å². The molecule has 1 unspecified atom stereocenters. The van der Waals surface area contributed by atoms with Gasteiger partial charge in [0.2, 0.25) is 11.8 Å². The molecule has 1 aromatic carbocycles. The van der Waals surface area contributed by atoms with Crippen LogP contribution in [0.3, 0.4) is 0 Å². The van der Waals surface area contributed by atoms with Crippen LogP contribution in [0.15, 0.2) is 42.6 Å². The van der Waals surface area contributed by atoms with Gasteiger partial charge in [0.1, 0.15) is 0 Å². The van der Waals surface area contributed by atoms with Crippen molar-refractivity contribution in [2.45, 2.75) is 33.2 Å². The van der Waals surface area contributed by atoms with Gasteiger partial charge in [-0.15, -0.1) is 0 Å². The highest BCUT2D eigenvalue weighted by molar-refractivity contribution is 6.01. The summed E-state index contributed by atoms with van der Waals surface area (Å²) in [6, 6.07) is 11.7. The minimum Gasteiger partial charge on any atom is -0.350 e. The first-order valence-electron chi connectivity index (χ1n) is 8.66. The number of benzene rings is 1. The highest BCUT2D eigenvalue weighted by Crippen LogP contribution is 2.31. The molecule has 1 saturated heterocycles. The van der Waals surface area contributed by atoms with Crippen LogP contribution in [0.5, 0.6) is 0 Å². The third-order valence-electron chi connectivity index (χ3n) is 4.64. The first-order valence-corrected chi connectivity index (χ1v) is 8.66. The molecule has 1 aromatic heterocycles. The van der Waals surface area contributed by atoms with Gasteiger partial charge in [0.05, 0.1) is 18.2 Å². The molecular weight excluding hydrogens is 314 g/mol. The van der Waals surface area contributed by atoms with E-state index in [4.69, 9.17) is 0 Å². The standard InChI is InChI=1S/C20H23N3O2/c1-3-15-8-6-7-14(2)19(15)23-13-16(11-18(23)24)20(25)22-12-17-9-4-5-10-21-17/h4-10,16H,3,11-13H2,1-2H3,(H,22,25). The molecule has 130 valence electrons. The summed E-state index contributed by atoms with van der Waals surface area (Å²) < 4.78 is 0. The van der Waals surface area contributed by atoms with Crippen LogP contribution >= 0.6 is 0 Å². The summed E-state index contributed by atoms with van der Waals surface area (Å²) in [7, 11) is 0. The minimum absolute atomic E-state index is 0.0157. The van der Waals surface area contributed by atoms with Gasteiger partial charge >= 0.3 is 0 Å². The van der Waals surface area contributed by atoms with E-state index in [2.05, 4.69) is 17.2 Å². The molecule has 0 bridgehead atoms. The Morgan fingerprint density at radius 3 is 2.84 bits per heavy atom. The number of aromatic nitrogens is 1. The predicted octanol–water partition coefficient (Wildman–Crippen LogP) is 2.62. The summed E-state index contributed by atoms with van der Waals surface area (Å²) >= 11 is 0. The number of nitrogens with one attached hydrogen (secondary N) is 1. The van der Waals surface area contributed by atoms with Gasteiger partial charge in [0, 0.05) is 24.8 Å². The molecule has 2 aromatic rings. The average Bonchev–Trinajstić information content (AvgIpc) is 3.01. The van der Waals surface area contributed by atoms with Crippen LogP contribution in [0, 0.1) is 12.8 Å². The Bertz CT molecular complexity index is 774. The quantitative estimate of drug-likeness (QED) is 0.912. The fourth-order valence-corrected chi connectivity index (χ4v) is 3.32. The molecule has 1 aliphatic rings. The Balaban J connectivity index is 1.69. The fourth-order valence-electron chi connectivity index (χ4n) is 3.32. The van der Waals surface area contributed by atoms with Crippen LogP contribution < -0.4 is 10.2 Å². The largest absolute Gasteiger partial charge is 0.350 e. The molecule has 0 aliphatic carbocycles. The van der Waals surface area contributed by atoms with E-state index in [-0.39, 0.29) is 24.2 Å². The number of nitrogens with zero attached hydrogens (tertiary/aromatic N) is 2. The number of rotatable bonds is 5. The van der Waals surface area contributed by atoms with Crippen LogP contribution in [0.25, 0.3) is 0 Å². The highest BCUT2D eigenvalue weighted by Gasteiger charge is 2.36. The Morgan fingerprint density at radius 2 is 2.12 bits per heavy atom. The van der Waals surface area contributed by atoms with E-state index in [1.165, 1.54) is 0 Å². The maximum atomic E-state index is 12.5. The van der Waals surface area contributed by atoms with Gasteiger partial charge in [0.15, 0.2) is 0 Å². The van der Waals surface area contributed by atoms with Gasteiger partial charge in [-0.3, -0.25) is 14.6 Å². The molecule has 25 heavy (non-hydrogen) atoms. The van der Waals surface area contributed by atoms with Crippen LogP contribution in [0.4, 0.5) is 5.69 Å². The first kappa shape index (κ1) is 17.1. The fraction of sp³-hybridized carbons (Fsp3) is 0.350. The number of hydrogen-bond donors (Lipinski definition) is 1. The van der Waals surface area contributed by atoms with E-state index in [1.807, 2.05) is 43.3 Å². The van der Waals surface area contributed by atoms with Crippen molar-refractivity contribution in [3.05, 3.63) is 59.4 Å². The second-order valence-corrected chi connectivity index (χ2v) is 6.38. The molecule has 1 N–H and O–H groups in total. The zero-order chi connectivity index (χ0) is 17.8. The SMILES string of the molecule is CCc1cccc(C)c1N1CC(C(=O)NCc2ccccn2)CC1=O. The van der Waals surface area contributed by atoms with Crippen LogP contribution in [0.2, 0.25) is 0 Å². The molecule has 1 atom stereocenters. The number of amides is 2. The minimum atomic E-state index is -0.319. The molecule has 1 fully saturated rings. The van der Waals surface area contributed by atoms with E-state index in [0.29, 0.717) is 13.1 Å². The number of para-hydroxylation sites is 1. The van der Waals surface area contributed by atoms with Gasteiger partial charge in [-0.25, -0.2) is 0 Å². The number of aryl methyl sites for hydroxylation is 2. The molecule has 5 heteroatoms. The van der Waals surface area contributed by atoms with E-state index < -0.39 is 0 Å². The van der Waals surface area contributed by atoms with Gasteiger partial charge in [-0.2, -0.15) is 0 Å². The lowest BCUT2D eigenvalue weighted by Gasteiger charge is -2.22. The van der Waals surface area contributed by atoms with Crippen molar-refractivity contribution in [1.29, 1.82) is 0 Å². The van der Waals surface area contributed by atoms with Crippen LogP contribution in [-0.4, -0.2) is 23.3 Å². The Morgan fingerprint density at radius 1 is 1.28 bits per heavy atom. The van der Waals surface area contributed by atoms with Crippen molar-refractivity contribution in [2.24, 2.45) is 5.92 Å². The lowest BCUT2D eigenvalue weighted by atomic mass is 10.0. The lowest BCUT2D eigenvalue weighted by Crippen LogP contribution is -2.33. The van der Waals surface area contributed by atoms with Crippen molar-refractivity contribution in [2.75, 3.05) is 11.4 Å². The zero-order valence-electron chi connectivity index (χ0n) is 14.7. The van der Waals surface area contributed by atoms with Crippen molar-refractivity contribution in [3.8, 4) is 0 Å². The summed E-state index contributed by atoms with van der Waals surface area (Å²) in [6.45, 7) is 4.91. The number of pyridine rings is 1. The summed E-state index contributed by atoms with van der Waals surface area (Å²) in [5.74, 6) is -0.393. The monoisotopic (exact) mass is 337 g/mol. The Hall–Kier alpha value is -2.69. The third kappa shape index (κ3) is 3.71. The summed E-state index contributed by atoms with van der Waals surface area (Å²) in [5, 5.41) is 2.90. The summed E-state index contributed by atoms with van der Waals surface area (Å²) in [6.07, 6.45) is 2.82. The van der Waals surface area contributed by atoms with E-state index in [0.717, 1.165) is 28.9 Å². The average molecular weight is 337 g/mol. The molecule has 1 aliphatic heterocycles. The van der Waals surface area contributed by atoms with Crippen molar-refractivity contribution in [3.63, 3.8) is 0 Å². The van der Waals surface area contributed by atoms with Gasteiger partial charge in [-0.1, -0.05) is 31.2 Å². The van der Waals surface area contributed by atoms with E-state index >= 15 is 0 Å². The topological polar surface area (TPSA) is 62.3 Å². The van der Waals surface area contributed by atoms with Gasteiger partial charge in [0.25, 0.3) is 0 Å². The highest BCUT2D eigenvalue weighted by atomic mass is 16.2. The molecule has 5 nitrogen and oxygen atoms in total. The second-order valence-electron chi connectivity index (χ2n) is 6.38. The Kier molecular flexibility index (Phi) is 5.12. The second kappa shape index (κ2) is 7.47. The van der Waals surface area contributed by atoms with Crippen molar-refractivity contribution in [1.82, 2.24) is 10.3 Å².